The number of amides is 2. The number of carbonyl (C=O) groups is 2. The zero-order valence-electron chi connectivity index (χ0n) is 26.6. The van der Waals surface area contributed by atoms with Crippen molar-refractivity contribution in [2.45, 2.75) is 64.1 Å². The quantitative estimate of drug-likeness (QED) is 0.190. The lowest BCUT2D eigenvalue weighted by Gasteiger charge is -2.35. The van der Waals surface area contributed by atoms with Gasteiger partial charge in [-0.15, -0.1) is 0 Å². The summed E-state index contributed by atoms with van der Waals surface area (Å²) < 4.78 is 44.6. The zero-order chi connectivity index (χ0) is 33.6. The minimum absolute atomic E-state index is 0.0164. The lowest BCUT2D eigenvalue weighted by Crippen LogP contribution is -2.56. The number of carbonyl (C=O) groups excluding carboxylic acids is 2. The molecule has 1 atom stereocenters. The molecule has 0 aromatic heterocycles. The van der Waals surface area contributed by atoms with Crippen LogP contribution >= 0.6 is 11.6 Å². The van der Waals surface area contributed by atoms with Gasteiger partial charge in [0.2, 0.25) is 11.8 Å². The van der Waals surface area contributed by atoms with E-state index in [9.17, 15) is 18.0 Å². The maximum atomic E-state index is 15.1. The van der Waals surface area contributed by atoms with Crippen molar-refractivity contribution in [3.8, 4) is 0 Å². The Hall–Kier alpha value is -4.21. The molecule has 0 aliphatic rings. The lowest BCUT2D eigenvalue weighted by molar-refractivity contribution is -0.140. The topological polar surface area (TPSA) is 86.8 Å². The second-order valence-electron chi connectivity index (χ2n) is 12.3. The van der Waals surface area contributed by atoms with Gasteiger partial charge in [0.05, 0.1) is 10.6 Å². The van der Waals surface area contributed by atoms with Crippen molar-refractivity contribution in [1.29, 1.82) is 0 Å². The number of nitrogens with zero attached hydrogens (tertiary/aromatic N) is 2. The molecule has 4 rings (SSSR count). The molecule has 242 valence electrons. The summed E-state index contributed by atoms with van der Waals surface area (Å²) in [7, 11) is -4.30. The zero-order valence-corrected chi connectivity index (χ0v) is 28.2. The van der Waals surface area contributed by atoms with Gasteiger partial charge < -0.3 is 10.2 Å². The fraction of sp³-hybridized carbons (Fsp3) is 0.278. The lowest BCUT2D eigenvalue weighted by atomic mass is 10.0. The van der Waals surface area contributed by atoms with Crippen LogP contribution in [-0.4, -0.2) is 43.3 Å². The number of benzene rings is 4. The van der Waals surface area contributed by atoms with Crippen LogP contribution in [0.5, 0.6) is 0 Å². The Labute approximate surface area is 276 Å². The van der Waals surface area contributed by atoms with Crippen molar-refractivity contribution in [2.75, 3.05) is 10.8 Å². The number of rotatable bonds is 11. The number of aryl methyl sites for hydroxylation is 1. The van der Waals surface area contributed by atoms with Crippen molar-refractivity contribution in [2.24, 2.45) is 0 Å². The number of anilines is 1. The third kappa shape index (κ3) is 8.53. The van der Waals surface area contributed by atoms with Gasteiger partial charge in [0.25, 0.3) is 10.0 Å². The Morgan fingerprint density at radius 2 is 1.50 bits per heavy atom. The first kappa shape index (κ1) is 34.7. The van der Waals surface area contributed by atoms with Crippen molar-refractivity contribution in [1.82, 2.24) is 10.2 Å². The molecular weight excluding hydrogens is 625 g/mol. The van der Waals surface area contributed by atoms with Crippen LogP contribution in [0, 0.1) is 19.7 Å². The molecule has 0 aliphatic carbocycles. The van der Waals surface area contributed by atoms with E-state index < -0.39 is 45.8 Å². The Balaban J connectivity index is 1.86. The van der Waals surface area contributed by atoms with Gasteiger partial charge in [-0.3, -0.25) is 13.9 Å². The summed E-state index contributed by atoms with van der Waals surface area (Å²) in [5, 5.41) is 3.29. The monoisotopic (exact) mass is 663 g/mol. The average Bonchev–Trinajstić information content (AvgIpc) is 3.00. The van der Waals surface area contributed by atoms with E-state index >= 15 is 4.39 Å². The molecule has 4 aromatic rings. The Morgan fingerprint density at radius 3 is 2.13 bits per heavy atom. The first-order chi connectivity index (χ1) is 21.7. The highest BCUT2D eigenvalue weighted by atomic mass is 35.5. The van der Waals surface area contributed by atoms with Crippen LogP contribution in [0.25, 0.3) is 0 Å². The van der Waals surface area contributed by atoms with E-state index in [1.54, 1.807) is 49.4 Å². The predicted octanol–water partition coefficient (Wildman–Crippen LogP) is 6.85. The third-order valence-corrected chi connectivity index (χ3v) is 9.65. The van der Waals surface area contributed by atoms with E-state index in [0.29, 0.717) is 10.6 Å². The Bertz CT molecular complexity index is 1790. The van der Waals surface area contributed by atoms with E-state index in [0.717, 1.165) is 15.4 Å². The molecule has 1 N–H and O–H groups in total. The highest BCUT2D eigenvalue weighted by Gasteiger charge is 2.36. The van der Waals surface area contributed by atoms with Crippen LogP contribution < -0.4 is 9.62 Å². The molecule has 0 saturated heterocycles. The fourth-order valence-electron chi connectivity index (χ4n) is 5.03. The average molecular weight is 664 g/mol. The molecule has 46 heavy (non-hydrogen) atoms. The molecule has 0 heterocycles. The number of halogens is 2. The highest BCUT2D eigenvalue weighted by Crippen LogP contribution is 2.31. The van der Waals surface area contributed by atoms with Crippen LogP contribution in [0.4, 0.5) is 10.1 Å². The molecule has 10 heteroatoms. The molecule has 2 amide bonds. The smallest absolute Gasteiger partial charge is 0.264 e. The Kier molecular flexibility index (Phi) is 10.9. The Morgan fingerprint density at radius 1 is 0.870 bits per heavy atom. The highest BCUT2D eigenvalue weighted by molar-refractivity contribution is 7.92. The SMILES string of the molecule is Cc1ccc(S(=O)(=O)N(CC(=O)N(Cc2ccccc2F)[C@@H](Cc2ccccc2)C(=O)NC(C)(C)C)c2cccc(Cl)c2C)cc1. The van der Waals surface area contributed by atoms with Gasteiger partial charge in [-0.1, -0.05) is 83.9 Å². The van der Waals surface area contributed by atoms with Gasteiger partial charge in [-0.2, -0.15) is 0 Å². The third-order valence-electron chi connectivity index (χ3n) is 7.46. The molecule has 0 bridgehead atoms. The molecule has 0 aliphatic heterocycles. The van der Waals surface area contributed by atoms with E-state index in [1.165, 1.54) is 29.2 Å². The summed E-state index contributed by atoms with van der Waals surface area (Å²) >= 11 is 6.43. The van der Waals surface area contributed by atoms with Gasteiger partial charge in [-0.25, -0.2) is 12.8 Å². The summed E-state index contributed by atoms with van der Waals surface area (Å²) in [6.07, 6.45) is 0.115. The van der Waals surface area contributed by atoms with Crippen LogP contribution in [0.3, 0.4) is 0 Å². The summed E-state index contributed by atoms with van der Waals surface area (Å²) in [4.78, 5) is 29.7. The first-order valence-corrected chi connectivity index (χ1v) is 16.7. The summed E-state index contributed by atoms with van der Waals surface area (Å²) in [5.74, 6) is -1.69. The van der Waals surface area contributed by atoms with Crippen LogP contribution in [0.1, 0.15) is 43.0 Å². The minimum Gasteiger partial charge on any atom is -0.350 e. The summed E-state index contributed by atoms with van der Waals surface area (Å²) in [6.45, 7) is 8.05. The predicted molar refractivity (Wildman–Crippen MR) is 181 cm³/mol. The molecule has 7 nitrogen and oxygen atoms in total. The summed E-state index contributed by atoms with van der Waals surface area (Å²) in [6, 6.07) is 25.2. The maximum Gasteiger partial charge on any atom is 0.264 e. The second kappa shape index (κ2) is 14.5. The molecule has 0 spiro atoms. The molecule has 0 radical (unpaired) electrons. The van der Waals surface area contributed by atoms with Crippen molar-refractivity contribution < 1.29 is 22.4 Å². The van der Waals surface area contributed by atoms with Gasteiger partial charge in [0.1, 0.15) is 18.4 Å². The normalized spacial score (nSPS) is 12.3. The summed E-state index contributed by atoms with van der Waals surface area (Å²) in [5.41, 5.74) is 1.86. The number of hydrogen-bond donors (Lipinski definition) is 1. The maximum absolute atomic E-state index is 15.1. The van der Waals surface area contributed by atoms with Crippen molar-refractivity contribution in [3.63, 3.8) is 0 Å². The van der Waals surface area contributed by atoms with E-state index in [1.807, 2.05) is 58.0 Å². The van der Waals surface area contributed by atoms with E-state index in [2.05, 4.69) is 5.32 Å². The van der Waals surface area contributed by atoms with Gasteiger partial charge in [0.15, 0.2) is 0 Å². The van der Waals surface area contributed by atoms with Crippen molar-refractivity contribution in [3.05, 3.63) is 130 Å². The number of nitrogens with one attached hydrogen (secondary N) is 1. The van der Waals surface area contributed by atoms with Gasteiger partial charge in [-0.05, 0) is 76.1 Å². The second-order valence-corrected chi connectivity index (χ2v) is 14.5. The van der Waals surface area contributed by atoms with Gasteiger partial charge in [0, 0.05) is 29.1 Å². The van der Waals surface area contributed by atoms with Crippen LogP contribution in [-0.2, 0) is 32.6 Å². The minimum atomic E-state index is -4.30. The molecule has 0 saturated carbocycles. The first-order valence-electron chi connectivity index (χ1n) is 14.9. The molecule has 4 aromatic carbocycles. The van der Waals surface area contributed by atoms with Gasteiger partial charge >= 0.3 is 0 Å². The molecule has 0 fully saturated rings. The molecule has 0 unspecified atom stereocenters. The van der Waals surface area contributed by atoms with Crippen molar-refractivity contribution >= 4 is 39.1 Å². The van der Waals surface area contributed by atoms with Crippen LogP contribution in [0.15, 0.2) is 102 Å². The van der Waals surface area contributed by atoms with Crippen LogP contribution in [0.2, 0.25) is 5.02 Å². The number of hydrogen-bond acceptors (Lipinski definition) is 4. The van der Waals surface area contributed by atoms with E-state index in [-0.39, 0.29) is 29.1 Å². The fourth-order valence-corrected chi connectivity index (χ4v) is 6.68. The number of sulfonamides is 1. The standard InChI is InChI=1S/C36H39ClFN3O4S/c1-25-18-20-29(21-19-25)46(44,45)41(32-17-11-15-30(37)26(32)2)24-34(42)40(23-28-14-9-10-16-31(28)38)33(35(43)39-36(3,4)5)22-27-12-7-6-8-13-27/h6-21,33H,22-24H2,1-5H3,(H,39,43)/t33-/m0/s1. The largest absolute Gasteiger partial charge is 0.350 e. The van der Waals surface area contributed by atoms with E-state index in [4.69, 9.17) is 11.6 Å². The molecular formula is C36H39ClFN3O4S.